The van der Waals surface area contributed by atoms with Crippen LogP contribution in [0.5, 0.6) is 0 Å². The van der Waals surface area contributed by atoms with E-state index in [1.54, 1.807) is 0 Å². The summed E-state index contributed by atoms with van der Waals surface area (Å²) in [6.07, 6.45) is 5.25. The lowest BCUT2D eigenvalue weighted by atomic mass is 9.97. The fourth-order valence-electron chi connectivity index (χ4n) is 4.09. The Morgan fingerprint density at radius 1 is 1.14 bits per heavy atom. The molecule has 3 rings (SSSR count). The average molecular weight is 318 g/mol. The summed E-state index contributed by atoms with van der Waals surface area (Å²) in [5.74, 6) is 0.876. The van der Waals surface area contributed by atoms with Gasteiger partial charge in [-0.15, -0.1) is 12.4 Å². The molecule has 0 radical (unpaired) electrons. The Bertz CT molecular complexity index is 293. The molecule has 1 unspecified atom stereocenters. The van der Waals surface area contributed by atoms with Gasteiger partial charge in [0.2, 0.25) is 0 Å². The lowest BCUT2D eigenvalue weighted by Crippen LogP contribution is -2.57. The van der Waals surface area contributed by atoms with Crippen LogP contribution >= 0.6 is 12.4 Å². The van der Waals surface area contributed by atoms with E-state index in [9.17, 15) is 0 Å². The van der Waals surface area contributed by atoms with Gasteiger partial charge >= 0.3 is 0 Å². The molecule has 0 spiro atoms. The normalized spacial score (nSPS) is 33.6. The van der Waals surface area contributed by atoms with Crippen molar-refractivity contribution < 1.29 is 4.74 Å². The van der Waals surface area contributed by atoms with Gasteiger partial charge in [-0.3, -0.25) is 9.80 Å². The third-order valence-electron chi connectivity index (χ3n) is 5.40. The second-order valence-corrected chi connectivity index (χ2v) is 6.89. The highest BCUT2D eigenvalue weighted by atomic mass is 35.5. The van der Waals surface area contributed by atoms with E-state index in [1.165, 1.54) is 65.0 Å². The lowest BCUT2D eigenvalue weighted by Gasteiger charge is -2.45. The van der Waals surface area contributed by atoms with E-state index in [4.69, 9.17) is 4.74 Å². The Balaban J connectivity index is 0.00000161. The first-order valence-corrected chi connectivity index (χ1v) is 8.59. The van der Waals surface area contributed by atoms with Gasteiger partial charge in [0.1, 0.15) is 0 Å². The van der Waals surface area contributed by atoms with Crippen LogP contribution in [-0.4, -0.2) is 74.4 Å². The summed E-state index contributed by atoms with van der Waals surface area (Å²) in [6.45, 7) is 11.9. The quantitative estimate of drug-likeness (QED) is 0.855. The molecule has 3 heterocycles. The highest BCUT2D eigenvalue weighted by Crippen LogP contribution is 2.21. The summed E-state index contributed by atoms with van der Waals surface area (Å²) in [7, 11) is 0. The zero-order valence-corrected chi connectivity index (χ0v) is 14.2. The van der Waals surface area contributed by atoms with E-state index in [0.29, 0.717) is 6.04 Å². The van der Waals surface area contributed by atoms with Crippen molar-refractivity contribution in [2.45, 2.75) is 44.7 Å². The maximum atomic E-state index is 5.49. The molecular formula is C16H32ClN3O. The molecule has 1 N–H and O–H groups in total. The third kappa shape index (κ3) is 4.80. The fraction of sp³-hybridized carbons (Fsp3) is 1.00. The predicted molar refractivity (Wildman–Crippen MR) is 89.3 cm³/mol. The van der Waals surface area contributed by atoms with Crippen molar-refractivity contribution in [1.82, 2.24) is 15.1 Å². The number of nitrogens with one attached hydrogen (secondary N) is 1. The van der Waals surface area contributed by atoms with Crippen LogP contribution in [0.1, 0.15) is 32.6 Å². The van der Waals surface area contributed by atoms with Crippen LogP contribution in [-0.2, 0) is 4.74 Å². The second kappa shape index (κ2) is 8.68. The smallest absolute Gasteiger partial charge is 0.0480 e. The minimum Gasteiger partial charge on any atom is -0.381 e. The number of hydrogen-bond donors (Lipinski definition) is 1. The van der Waals surface area contributed by atoms with E-state index in [2.05, 4.69) is 22.0 Å². The van der Waals surface area contributed by atoms with Crippen molar-refractivity contribution in [1.29, 1.82) is 0 Å². The molecule has 3 aliphatic rings. The molecular weight excluding hydrogens is 286 g/mol. The Morgan fingerprint density at radius 3 is 2.62 bits per heavy atom. The standard InChI is InChI=1S/C16H31N3O.ClH/c1-14-12-19(16-4-9-20-10-5-16)8-7-18(14)13-15-3-2-6-17-11-15;/h14-17H,2-13H2,1H3;1H/t14-,15?;/m1./s1. The minimum absolute atomic E-state index is 0. The zero-order chi connectivity index (χ0) is 13.8. The molecule has 0 aliphatic carbocycles. The van der Waals surface area contributed by atoms with Crippen molar-refractivity contribution in [2.24, 2.45) is 5.92 Å². The van der Waals surface area contributed by atoms with Gasteiger partial charge in [0.25, 0.3) is 0 Å². The molecule has 3 saturated heterocycles. The van der Waals surface area contributed by atoms with E-state index >= 15 is 0 Å². The molecule has 124 valence electrons. The Kier molecular flexibility index (Phi) is 7.23. The van der Waals surface area contributed by atoms with Crippen LogP contribution < -0.4 is 5.32 Å². The van der Waals surface area contributed by atoms with E-state index < -0.39 is 0 Å². The monoisotopic (exact) mass is 317 g/mol. The molecule has 0 aromatic rings. The SMILES string of the molecule is C[C@@H]1CN(C2CCOCC2)CCN1CC1CCCNC1.Cl. The molecule has 0 aromatic carbocycles. The largest absolute Gasteiger partial charge is 0.381 e. The number of rotatable bonds is 3. The first-order chi connectivity index (χ1) is 9.83. The van der Waals surface area contributed by atoms with Crippen LogP contribution in [0, 0.1) is 5.92 Å². The summed E-state index contributed by atoms with van der Waals surface area (Å²) < 4.78 is 5.49. The summed E-state index contributed by atoms with van der Waals surface area (Å²) in [5, 5.41) is 3.55. The molecule has 2 atom stereocenters. The number of nitrogens with zero attached hydrogens (tertiary/aromatic N) is 2. The van der Waals surface area contributed by atoms with Gasteiger partial charge in [-0.2, -0.15) is 0 Å². The van der Waals surface area contributed by atoms with E-state index in [0.717, 1.165) is 25.2 Å². The molecule has 3 fully saturated rings. The van der Waals surface area contributed by atoms with Gasteiger partial charge in [-0.05, 0) is 51.6 Å². The number of piperazine rings is 1. The summed E-state index contributed by atoms with van der Waals surface area (Å²) in [6, 6.07) is 1.50. The Hall–Kier alpha value is 0.130. The third-order valence-corrected chi connectivity index (χ3v) is 5.40. The highest BCUT2D eigenvalue weighted by Gasteiger charge is 2.30. The lowest BCUT2D eigenvalue weighted by molar-refractivity contribution is -0.00563. The highest BCUT2D eigenvalue weighted by molar-refractivity contribution is 5.85. The molecule has 0 aromatic heterocycles. The first kappa shape index (κ1) is 17.5. The fourth-order valence-corrected chi connectivity index (χ4v) is 4.09. The summed E-state index contributed by atoms with van der Waals surface area (Å²) in [5.41, 5.74) is 0. The van der Waals surface area contributed by atoms with Crippen LogP contribution in [0.25, 0.3) is 0 Å². The molecule has 0 amide bonds. The molecule has 0 saturated carbocycles. The van der Waals surface area contributed by atoms with Crippen LogP contribution in [0.3, 0.4) is 0 Å². The molecule has 3 aliphatic heterocycles. The molecule has 0 bridgehead atoms. The maximum Gasteiger partial charge on any atom is 0.0480 e. The van der Waals surface area contributed by atoms with Crippen molar-refractivity contribution in [3.63, 3.8) is 0 Å². The Morgan fingerprint density at radius 2 is 1.95 bits per heavy atom. The van der Waals surface area contributed by atoms with Crippen molar-refractivity contribution >= 4 is 12.4 Å². The van der Waals surface area contributed by atoms with Crippen molar-refractivity contribution in [2.75, 3.05) is 52.5 Å². The Labute approximate surface area is 136 Å². The van der Waals surface area contributed by atoms with Gasteiger partial charge in [0.15, 0.2) is 0 Å². The van der Waals surface area contributed by atoms with E-state index in [1.807, 2.05) is 0 Å². The summed E-state index contributed by atoms with van der Waals surface area (Å²) in [4.78, 5) is 5.45. The second-order valence-electron chi connectivity index (χ2n) is 6.89. The number of hydrogen-bond acceptors (Lipinski definition) is 4. The first-order valence-electron chi connectivity index (χ1n) is 8.59. The summed E-state index contributed by atoms with van der Waals surface area (Å²) >= 11 is 0. The van der Waals surface area contributed by atoms with Gasteiger partial charge in [0, 0.05) is 51.5 Å². The number of piperidine rings is 1. The van der Waals surface area contributed by atoms with Gasteiger partial charge in [-0.1, -0.05) is 0 Å². The van der Waals surface area contributed by atoms with E-state index in [-0.39, 0.29) is 12.4 Å². The molecule has 4 nitrogen and oxygen atoms in total. The van der Waals surface area contributed by atoms with Gasteiger partial charge < -0.3 is 10.1 Å². The number of ether oxygens (including phenoxy) is 1. The molecule has 5 heteroatoms. The van der Waals surface area contributed by atoms with Crippen LogP contribution in [0.2, 0.25) is 0 Å². The van der Waals surface area contributed by atoms with Gasteiger partial charge in [-0.25, -0.2) is 0 Å². The van der Waals surface area contributed by atoms with Crippen molar-refractivity contribution in [3.8, 4) is 0 Å². The minimum atomic E-state index is 0. The average Bonchev–Trinajstić information content (AvgIpc) is 2.51. The number of halogens is 1. The van der Waals surface area contributed by atoms with Crippen LogP contribution in [0.4, 0.5) is 0 Å². The van der Waals surface area contributed by atoms with Crippen LogP contribution in [0.15, 0.2) is 0 Å². The maximum absolute atomic E-state index is 5.49. The zero-order valence-electron chi connectivity index (χ0n) is 13.4. The van der Waals surface area contributed by atoms with Crippen molar-refractivity contribution in [3.05, 3.63) is 0 Å². The van der Waals surface area contributed by atoms with Gasteiger partial charge in [0.05, 0.1) is 0 Å². The molecule has 21 heavy (non-hydrogen) atoms. The topological polar surface area (TPSA) is 27.7 Å². The predicted octanol–water partition coefficient (Wildman–Crippen LogP) is 1.59.